The second-order valence-corrected chi connectivity index (χ2v) is 5.39. The van der Waals surface area contributed by atoms with E-state index in [0.29, 0.717) is 6.42 Å². The van der Waals surface area contributed by atoms with Crippen LogP contribution in [0.3, 0.4) is 0 Å². The SMILES string of the molecule is Cc1ccc(CCC(=O)Nc2ccccc2-n2cncn2)cc1. The Morgan fingerprint density at radius 2 is 1.91 bits per heavy atom. The van der Waals surface area contributed by atoms with Crippen LogP contribution in [0.25, 0.3) is 5.69 Å². The van der Waals surface area contributed by atoms with E-state index in [1.807, 2.05) is 24.3 Å². The third-order valence-corrected chi connectivity index (χ3v) is 3.61. The molecule has 0 aliphatic rings. The molecule has 0 spiro atoms. The fourth-order valence-corrected chi connectivity index (χ4v) is 2.34. The lowest BCUT2D eigenvalue weighted by Gasteiger charge is -2.10. The first-order chi connectivity index (χ1) is 11.2. The van der Waals surface area contributed by atoms with Gasteiger partial charge < -0.3 is 5.32 Å². The predicted octanol–water partition coefficient (Wildman–Crippen LogP) is 3.15. The normalized spacial score (nSPS) is 10.5. The number of nitrogens with one attached hydrogen (secondary N) is 1. The second kappa shape index (κ2) is 6.87. The van der Waals surface area contributed by atoms with E-state index in [9.17, 15) is 4.79 Å². The fraction of sp³-hybridized carbons (Fsp3) is 0.167. The number of rotatable bonds is 5. The van der Waals surface area contributed by atoms with Crippen LogP contribution in [0.5, 0.6) is 0 Å². The number of benzene rings is 2. The van der Waals surface area contributed by atoms with E-state index in [4.69, 9.17) is 0 Å². The summed E-state index contributed by atoms with van der Waals surface area (Å²) in [4.78, 5) is 16.2. The summed E-state index contributed by atoms with van der Waals surface area (Å²) in [5, 5.41) is 7.06. The first-order valence-electron chi connectivity index (χ1n) is 7.52. The molecule has 1 heterocycles. The number of anilines is 1. The Labute approximate surface area is 135 Å². The van der Waals surface area contributed by atoms with Crippen molar-refractivity contribution in [3.05, 3.63) is 72.3 Å². The van der Waals surface area contributed by atoms with Gasteiger partial charge in [-0.1, -0.05) is 42.0 Å². The van der Waals surface area contributed by atoms with Crippen LogP contribution in [0.4, 0.5) is 5.69 Å². The molecule has 0 radical (unpaired) electrons. The molecule has 1 aromatic heterocycles. The first kappa shape index (κ1) is 15.0. The first-order valence-corrected chi connectivity index (χ1v) is 7.52. The van der Waals surface area contributed by atoms with E-state index < -0.39 is 0 Å². The number of aromatic nitrogens is 3. The average molecular weight is 306 g/mol. The van der Waals surface area contributed by atoms with Crippen molar-refractivity contribution in [2.24, 2.45) is 0 Å². The van der Waals surface area contributed by atoms with Crippen molar-refractivity contribution < 1.29 is 4.79 Å². The highest BCUT2D eigenvalue weighted by molar-refractivity contribution is 5.92. The number of para-hydroxylation sites is 2. The molecule has 0 unspecified atom stereocenters. The van der Waals surface area contributed by atoms with E-state index in [1.54, 1.807) is 11.0 Å². The van der Waals surface area contributed by atoms with Crippen molar-refractivity contribution in [3.63, 3.8) is 0 Å². The Morgan fingerprint density at radius 1 is 1.13 bits per heavy atom. The molecule has 0 aliphatic carbocycles. The van der Waals surface area contributed by atoms with Crippen molar-refractivity contribution in [1.29, 1.82) is 0 Å². The third-order valence-electron chi connectivity index (χ3n) is 3.61. The van der Waals surface area contributed by atoms with Gasteiger partial charge in [-0.25, -0.2) is 9.67 Å². The van der Waals surface area contributed by atoms with Crippen LogP contribution in [0.2, 0.25) is 0 Å². The summed E-state index contributed by atoms with van der Waals surface area (Å²) in [5.74, 6) is -0.0156. The predicted molar refractivity (Wildman–Crippen MR) is 89.5 cm³/mol. The van der Waals surface area contributed by atoms with E-state index in [0.717, 1.165) is 23.4 Å². The lowest BCUT2D eigenvalue weighted by Crippen LogP contribution is -2.14. The van der Waals surface area contributed by atoms with Crippen molar-refractivity contribution in [2.75, 3.05) is 5.32 Å². The van der Waals surface area contributed by atoms with Gasteiger partial charge in [-0.2, -0.15) is 5.10 Å². The lowest BCUT2D eigenvalue weighted by atomic mass is 10.1. The number of carbonyl (C=O) groups excluding carboxylic acids is 1. The van der Waals surface area contributed by atoms with Gasteiger partial charge >= 0.3 is 0 Å². The zero-order chi connectivity index (χ0) is 16.1. The van der Waals surface area contributed by atoms with Crippen LogP contribution in [0, 0.1) is 6.92 Å². The van der Waals surface area contributed by atoms with Crippen molar-refractivity contribution >= 4 is 11.6 Å². The largest absolute Gasteiger partial charge is 0.324 e. The van der Waals surface area contributed by atoms with Crippen LogP contribution < -0.4 is 5.32 Å². The summed E-state index contributed by atoms with van der Waals surface area (Å²) in [5.41, 5.74) is 3.91. The van der Waals surface area contributed by atoms with Crippen LogP contribution in [-0.2, 0) is 11.2 Å². The van der Waals surface area contributed by atoms with Crippen LogP contribution in [-0.4, -0.2) is 20.7 Å². The maximum Gasteiger partial charge on any atom is 0.224 e. The van der Waals surface area contributed by atoms with Gasteiger partial charge in [0.15, 0.2) is 0 Å². The molecule has 23 heavy (non-hydrogen) atoms. The topological polar surface area (TPSA) is 59.8 Å². The molecule has 2 aromatic carbocycles. The van der Waals surface area contributed by atoms with Gasteiger partial charge in [0.25, 0.3) is 0 Å². The summed E-state index contributed by atoms with van der Waals surface area (Å²) < 4.78 is 1.63. The van der Waals surface area contributed by atoms with Crippen LogP contribution in [0.1, 0.15) is 17.5 Å². The molecule has 1 amide bonds. The van der Waals surface area contributed by atoms with E-state index >= 15 is 0 Å². The van der Waals surface area contributed by atoms with Crippen molar-refractivity contribution in [2.45, 2.75) is 19.8 Å². The molecule has 5 heteroatoms. The number of carbonyl (C=O) groups is 1. The quantitative estimate of drug-likeness (QED) is 0.787. The Balaban J connectivity index is 1.65. The third kappa shape index (κ3) is 3.83. The maximum atomic E-state index is 12.2. The molecule has 1 N–H and O–H groups in total. The molecule has 0 fully saturated rings. The zero-order valence-corrected chi connectivity index (χ0v) is 12.9. The fourth-order valence-electron chi connectivity index (χ4n) is 2.34. The van der Waals surface area contributed by atoms with Gasteiger partial charge in [-0.15, -0.1) is 0 Å². The summed E-state index contributed by atoms with van der Waals surface area (Å²) >= 11 is 0. The number of aryl methyl sites for hydroxylation is 2. The molecule has 3 rings (SSSR count). The Hall–Kier alpha value is -2.95. The minimum absolute atomic E-state index is 0.0156. The minimum Gasteiger partial charge on any atom is -0.324 e. The Bertz CT molecular complexity index is 779. The standard InChI is InChI=1S/C18H18N4O/c1-14-6-8-15(9-7-14)10-11-18(23)21-16-4-2-3-5-17(16)22-13-19-12-20-22/h2-9,12-13H,10-11H2,1H3,(H,21,23). The summed E-state index contributed by atoms with van der Waals surface area (Å²) in [6.45, 7) is 2.05. The van der Waals surface area contributed by atoms with Gasteiger partial charge in [0.1, 0.15) is 12.7 Å². The van der Waals surface area contributed by atoms with Gasteiger partial charge in [-0.05, 0) is 31.0 Å². The molecule has 0 aliphatic heterocycles. The molecule has 116 valence electrons. The van der Waals surface area contributed by atoms with Crippen LogP contribution in [0.15, 0.2) is 61.2 Å². The van der Waals surface area contributed by atoms with Gasteiger partial charge in [0, 0.05) is 6.42 Å². The van der Waals surface area contributed by atoms with Crippen molar-refractivity contribution in [3.8, 4) is 5.69 Å². The summed E-state index contributed by atoms with van der Waals surface area (Å²) in [6.07, 6.45) is 4.24. The van der Waals surface area contributed by atoms with E-state index in [1.165, 1.54) is 11.9 Å². The molecular weight excluding hydrogens is 288 g/mol. The molecule has 0 saturated heterocycles. The van der Waals surface area contributed by atoms with Crippen molar-refractivity contribution in [1.82, 2.24) is 14.8 Å². The summed E-state index contributed by atoms with van der Waals surface area (Å²) in [7, 11) is 0. The molecule has 0 atom stereocenters. The zero-order valence-electron chi connectivity index (χ0n) is 12.9. The molecule has 3 aromatic rings. The monoisotopic (exact) mass is 306 g/mol. The number of nitrogens with zero attached hydrogens (tertiary/aromatic N) is 3. The maximum absolute atomic E-state index is 12.2. The van der Waals surface area contributed by atoms with Crippen LogP contribution >= 0.6 is 0 Å². The Kier molecular flexibility index (Phi) is 4.47. The number of hydrogen-bond acceptors (Lipinski definition) is 3. The molecule has 0 bridgehead atoms. The number of amides is 1. The highest BCUT2D eigenvalue weighted by atomic mass is 16.1. The highest BCUT2D eigenvalue weighted by Crippen LogP contribution is 2.19. The minimum atomic E-state index is -0.0156. The molecule has 5 nitrogen and oxygen atoms in total. The van der Waals surface area contributed by atoms with E-state index in [-0.39, 0.29) is 5.91 Å². The van der Waals surface area contributed by atoms with E-state index in [2.05, 4.69) is 46.6 Å². The molecule has 0 saturated carbocycles. The lowest BCUT2D eigenvalue weighted by molar-refractivity contribution is -0.116. The van der Waals surface area contributed by atoms with Gasteiger partial charge in [-0.3, -0.25) is 4.79 Å². The second-order valence-electron chi connectivity index (χ2n) is 5.39. The average Bonchev–Trinajstić information content (AvgIpc) is 3.09. The summed E-state index contributed by atoms with van der Waals surface area (Å²) in [6, 6.07) is 15.8. The Morgan fingerprint density at radius 3 is 2.65 bits per heavy atom. The highest BCUT2D eigenvalue weighted by Gasteiger charge is 2.08. The number of hydrogen-bond donors (Lipinski definition) is 1. The van der Waals surface area contributed by atoms with Gasteiger partial charge in [0.05, 0.1) is 11.4 Å². The molecular formula is C18H18N4O. The smallest absolute Gasteiger partial charge is 0.224 e. The van der Waals surface area contributed by atoms with Gasteiger partial charge in [0.2, 0.25) is 5.91 Å².